The molecule has 0 amide bonds. The molecule has 2 aromatic carbocycles. The second kappa shape index (κ2) is 18.0. The predicted molar refractivity (Wildman–Crippen MR) is 230 cm³/mol. The van der Waals surface area contributed by atoms with E-state index in [2.05, 4.69) is 24.3 Å². The topological polar surface area (TPSA) is 52.0 Å². The van der Waals surface area contributed by atoms with Gasteiger partial charge in [0.25, 0.3) is 0 Å². The molecule has 2 fully saturated rings. The van der Waals surface area contributed by atoms with Gasteiger partial charge >= 0.3 is 0 Å². The normalized spacial score (nSPS) is 20.8. The van der Waals surface area contributed by atoms with Gasteiger partial charge in [-0.05, 0) is 84.7 Å². The quantitative estimate of drug-likeness (QED) is 0.215. The number of hydrogen-bond acceptors (Lipinski definition) is 2. The van der Waals surface area contributed by atoms with Crippen molar-refractivity contribution in [3.8, 4) is 0 Å². The number of nitrogens with two attached hydrogens (primary N) is 2. The summed E-state index contributed by atoms with van der Waals surface area (Å²) in [7, 11) is 64.4. The minimum atomic E-state index is -0.817. The summed E-state index contributed by atoms with van der Waals surface area (Å²) in [5, 5.41) is 0. The zero-order chi connectivity index (χ0) is 34.4. The summed E-state index contributed by atoms with van der Waals surface area (Å²) in [6.45, 7) is -0.199. The molecule has 21 radical (unpaired) electrons. The van der Waals surface area contributed by atoms with Crippen molar-refractivity contribution in [3.63, 3.8) is 0 Å². The summed E-state index contributed by atoms with van der Waals surface area (Å²) in [5.41, 5.74) is 17.2. The van der Waals surface area contributed by atoms with E-state index in [1.54, 1.807) is 6.07 Å². The predicted octanol–water partition coefficient (Wildman–Crippen LogP) is -1.37. The van der Waals surface area contributed by atoms with E-state index >= 15 is 0 Å². The third-order valence-corrected chi connectivity index (χ3v) is 11.5. The van der Waals surface area contributed by atoms with Crippen LogP contribution in [0.15, 0.2) is 42.5 Å². The largest absolute Gasteiger partial charge is 0.399 e. The van der Waals surface area contributed by atoms with Gasteiger partial charge in [0.05, 0.1) is 0 Å². The van der Waals surface area contributed by atoms with Crippen molar-refractivity contribution in [1.82, 2.24) is 0 Å². The number of nitrogen functional groups attached to an aromatic ring is 2. The Balaban J connectivity index is 1.39. The molecule has 2 aliphatic carbocycles. The Labute approximate surface area is 303 Å². The van der Waals surface area contributed by atoms with Crippen molar-refractivity contribution in [1.29, 1.82) is 0 Å². The molecule has 4 N–H and O–H groups in total. The summed E-state index contributed by atoms with van der Waals surface area (Å²) in [6.07, 6.45) is 4.74. The molecular weight excluding hydrogens is 545 g/mol. The third kappa shape index (κ3) is 10.2. The summed E-state index contributed by atoms with van der Waals surface area (Å²) >= 11 is 0. The van der Waals surface area contributed by atoms with Crippen LogP contribution in [-0.4, -0.2) is 142 Å². The lowest BCUT2D eigenvalue weighted by Crippen LogP contribution is -2.80. The molecule has 47 heavy (non-hydrogen) atoms. The number of benzene rings is 2. The van der Waals surface area contributed by atoms with Crippen LogP contribution in [0.2, 0.25) is 5.82 Å². The molecule has 4 rings (SSSR count). The highest BCUT2D eigenvalue weighted by Crippen LogP contribution is 2.46. The second-order valence-electron chi connectivity index (χ2n) is 14.6. The van der Waals surface area contributed by atoms with Gasteiger partial charge in [-0.15, -0.1) is 0 Å². The van der Waals surface area contributed by atoms with Crippen LogP contribution in [0, 0.1) is 11.8 Å². The van der Waals surface area contributed by atoms with Crippen molar-refractivity contribution < 1.29 is 0 Å². The molecule has 2 aliphatic rings. The Morgan fingerprint density at radius 2 is 1.04 bits per heavy atom. The van der Waals surface area contributed by atoms with Crippen molar-refractivity contribution in [2.75, 3.05) is 11.5 Å². The minimum absolute atomic E-state index is 0.199. The summed E-state index contributed by atoms with van der Waals surface area (Å²) in [4.78, 5) is 0. The molecule has 203 valence electrons. The lowest BCUT2D eigenvalue weighted by molar-refractivity contribution is 0.186. The Kier molecular flexibility index (Phi) is 15.0. The van der Waals surface area contributed by atoms with Crippen LogP contribution in [0.25, 0.3) is 0 Å². The second-order valence-corrected chi connectivity index (χ2v) is 14.6. The molecule has 2 aromatic rings. The molecule has 0 aromatic heterocycles. The van der Waals surface area contributed by atoms with E-state index in [4.69, 9.17) is 88.8 Å². The van der Waals surface area contributed by atoms with Crippen molar-refractivity contribution in [2.45, 2.75) is 69.5 Å². The molecular formula is C25H33B20N2. The minimum Gasteiger partial charge on any atom is -0.399 e. The molecule has 0 aliphatic heterocycles. The van der Waals surface area contributed by atoms with Crippen molar-refractivity contribution in [3.05, 3.63) is 59.2 Å². The average Bonchev–Trinajstić information content (AvgIpc) is 3.01. The lowest BCUT2D eigenvalue weighted by atomic mass is 8.41. The molecule has 2 saturated carbocycles. The third-order valence-electron chi connectivity index (χ3n) is 11.5. The van der Waals surface area contributed by atoms with Gasteiger partial charge in [-0.2, -0.15) is 0 Å². The first-order chi connectivity index (χ1) is 22.3. The van der Waals surface area contributed by atoms with Crippen molar-refractivity contribution >= 4 is 153 Å². The first-order valence-corrected chi connectivity index (χ1v) is 17.4. The highest BCUT2D eigenvalue weighted by Gasteiger charge is 2.49. The maximum atomic E-state index is 6.62. The van der Waals surface area contributed by atoms with E-state index in [9.17, 15) is 0 Å². The standard InChI is InChI=1S/C25H33B20N2/c26-36-42(35)44(45(40(31)32)41(33)34)37(43(38(27)28)39(29)30)23-11-9-22(10-12-23)21-7-5-20(6-8-21)19-3-1-17(2-4-19)13-18-14-24(46)16-25(47)15-18/h1-4,14-16,20-23H,5-13,46-47H2. The first-order valence-electron chi connectivity index (χ1n) is 17.4. The van der Waals surface area contributed by atoms with Crippen LogP contribution in [0.3, 0.4) is 0 Å². The van der Waals surface area contributed by atoms with Gasteiger partial charge in [-0.25, -0.2) is 0 Å². The van der Waals surface area contributed by atoms with E-state index in [1.807, 2.05) is 12.1 Å². The van der Waals surface area contributed by atoms with E-state index in [0.717, 1.165) is 37.7 Å². The van der Waals surface area contributed by atoms with Gasteiger partial charge < -0.3 is 11.5 Å². The molecule has 0 heterocycles. The Morgan fingerprint density at radius 1 is 0.574 bits per heavy atom. The van der Waals surface area contributed by atoms with Gasteiger partial charge in [-0.1, -0.05) is 55.8 Å². The summed E-state index contributed by atoms with van der Waals surface area (Å²) < 4.78 is 0. The van der Waals surface area contributed by atoms with Crippen LogP contribution in [0.4, 0.5) is 11.4 Å². The van der Waals surface area contributed by atoms with Gasteiger partial charge in [0.15, 0.2) is 0 Å². The van der Waals surface area contributed by atoms with Gasteiger partial charge in [0, 0.05) is 153 Å². The summed E-state index contributed by atoms with van der Waals surface area (Å²) in [5.74, 6) is 2.17. The van der Waals surface area contributed by atoms with Gasteiger partial charge in [0.2, 0.25) is 0 Å². The zero-order valence-corrected chi connectivity index (χ0v) is 27.9. The molecule has 0 atom stereocenters. The van der Waals surface area contributed by atoms with E-state index in [-0.39, 0.29) is 18.7 Å². The van der Waals surface area contributed by atoms with Crippen molar-refractivity contribution in [2.24, 2.45) is 11.8 Å². The first kappa shape index (κ1) is 39.1. The molecule has 0 saturated heterocycles. The molecule has 0 bridgehead atoms. The van der Waals surface area contributed by atoms with E-state index < -0.39 is 44.7 Å². The zero-order valence-electron chi connectivity index (χ0n) is 27.9. The van der Waals surface area contributed by atoms with Gasteiger partial charge in [-0.3, -0.25) is 0 Å². The molecule has 0 unspecified atom stereocenters. The highest BCUT2D eigenvalue weighted by molar-refractivity contribution is 8.15. The SMILES string of the molecule is [B][B]B([B])B(B(B([B])[B])B([B])[B])B(B(B([B])[B])B([B])[B])C1CCC(C2CCC(c3ccc(Cc4cc(N)cc(N)c4)cc3)CC2)CC1. The fourth-order valence-electron chi connectivity index (χ4n) is 9.24. The molecule has 0 spiro atoms. The Bertz CT molecular complexity index is 1200. The highest BCUT2D eigenvalue weighted by atomic mass is 14.6. The Hall–Kier alpha value is -0.661. The fraction of sp³-hybridized carbons (Fsp3) is 0.520. The van der Waals surface area contributed by atoms with Crippen LogP contribution in [-0.2, 0) is 6.42 Å². The maximum absolute atomic E-state index is 6.62. The fourth-order valence-corrected chi connectivity index (χ4v) is 9.24. The van der Waals surface area contributed by atoms with E-state index in [0.29, 0.717) is 29.1 Å². The number of anilines is 2. The van der Waals surface area contributed by atoms with E-state index in [1.165, 1.54) is 43.9 Å². The summed E-state index contributed by atoms with van der Waals surface area (Å²) in [6, 6.07) is 14.9. The lowest BCUT2D eigenvalue weighted by Gasteiger charge is -2.48. The van der Waals surface area contributed by atoms with Crippen LogP contribution in [0.5, 0.6) is 0 Å². The average molecular weight is 578 g/mol. The smallest absolute Gasteiger partial charge is 0.0491 e. The Morgan fingerprint density at radius 3 is 1.49 bits per heavy atom. The molecule has 22 heteroatoms. The number of hydrogen-bond donors (Lipinski definition) is 2. The van der Waals surface area contributed by atoms with Gasteiger partial charge in [0.1, 0.15) is 0 Å². The van der Waals surface area contributed by atoms with Crippen LogP contribution >= 0.6 is 0 Å². The molecule has 2 nitrogen and oxygen atoms in total. The monoisotopic (exact) mass is 581 g/mol. The van der Waals surface area contributed by atoms with Crippen LogP contribution < -0.4 is 11.5 Å². The van der Waals surface area contributed by atoms with Crippen LogP contribution in [0.1, 0.15) is 74.0 Å². The number of rotatable bonds is 14. The maximum Gasteiger partial charge on any atom is 0.0491 e.